The number of anilines is 1. The molecule has 1 heterocycles. The van der Waals surface area contributed by atoms with Crippen LogP contribution in [0.3, 0.4) is 0 Å². The lowest BCUT2D eigenvalue weighted by Crippen LogP contribution is -2.37. The van der Waals surface area contributed by atoms with Gasteiger partial charge in [-0.25, -0.2) is 4.98 Å². The molecule has 3 nitrogen and oxygen atoms in total. The van der Waals surface area contributed by atoms with Crippen molar-refractivity contribution in [2.24, 2.45) is 5.73 Å². The molecule has 1 unspecified atom stereocenters. The fraction of sp³-hybridized carbons (Fsp3) is 0.667. The molecular weight excluding hydrogens is 279 g/mol. The molecule has 1 atom stereocenters. The number of aryl methyl sites for hydroxylation is 1. The molecule has 0 aliphatic heterocycles. The van der Waals surface area contributed by atoms with Gasteiger partial charge >= 0.3 is 6.18 Å². The molecule has 0 saturated heterocycles. The first-order valence-electron chi connectivity index (χ1n) is 7.34. The minimum Gasteiger partial charge on any atom is -0.344 e. The van der Waals surface area contributed by atoms with Gasteiger partial charge in [0.25, 0.3) is 0 Å². The summed E-state index contributed by atoms with van der Waals surface area (Å²) in [6, 6.07) is 1.94. The Morgan fingerprint density at radius 1 is 1.43 bits per heavy atom. The van der Waals surface area contributed by atoms with E-state index in [9.17, 15) is 13.2 Å². The number of pyridine rings is 1. The second-order valence-electron chi connectivity index (χ2n) is 5.83. The maximum absolute atomic E-state index is 12.7. The molecular formula is C15H22F3N3. The third-order valence-electron chi connectivity index (χ3n) is 3.74. The van der Waals surface area contributed by atoms with Crippen molar-refractivity contribution in [3.63, 3.8) is 0 Å². The standard InChI is InChI=1S/C15H22F3N3/c1-3-12(19)7-11-6-10(2)14(20-8-11)21(13-4-5-13)9-15(16,17)18/h6,8,12-13H,3-5,7,9,19H2,1-2H3. The molecule has 1 aromatic rings. The minimum atomic E-state index is -4.21. The Morgan fingerprint density at radius 2 is 2.10 bits per heavy atom. The summed E-state index contributed by atoms with van der Waals surface area (Å²) < 4.78 is 38.2. The molecule has 0 aromatic carbocycles. The van der Waals surface area contributed by atoms with Crippen molar-refractivity contribution in [3.05, 3.63) is 23.4 Å². The molecule has 1 fully saturated rings. The Bertz CT molecular complexity index is 484. The van der Waals surface area contributed by atoms with E-state index < -0.39 is 12.7 Å². The van der Waals surface area contributed by atoms with Crippen molar-refractivity contribution in [3.8, 4) is 0 Å². The highest BCUT2D eigenvalue weighted by Crippen LogP contribution is 2.35. The zero-order valence-corrected chi connectivity index (χ0v) is 12.5. The SMILES string of the molecule is CCC(N)Cc1cnc(N(CC(F)(F)F)C2CC2)c(C)c1. The number of hydrogen-bond donors (Lipinski definition) is 1. The predicted octanol–water partition coefficient (Wildman–Crippen LogP) is 3.20. The number of alkyl halides is 3. The van der Waals surface area contributed by atoms with E-state index in [0.717, 1.165) is 30.4 Å². The summed E-state index contributed by atoms with van der Waals surface area (Å²) in [6.07, 6.45) is 0.624. The fourth-order valence-corrected chi connectivity index (χ4v) is 2.44. The molecule has 6 heteroatoms. The van der Waals surface area contributed by atoms with Crippen LogP contribution in [0.1, 0.15) is 37.3 Å². The molecule has 1 saturated carbocycles. The maximum atomic E-state index is 12.7. The Morgan fingerprint density at radius 3 is 2.57 bits per heavy atom. The summed E-state index contributed by atoms with van der Waals surface area (Å²) in [5.41, 5.74) is 7.67. The minimum absolute atomic E-state index is 0.0263. The molecule has 0 amide bonds. The van der Waals surface area contributed by atoms with E-state index in [1.807, 2.05) is 19.9 Å². The van der Waals surface area contributed by atoms with Crippen molar-refractivity contribution in [1.29, 1.82) is 0 Å². The van der Waals surface area contributed by atoms with E-state index in [1.165, 1.54) is 4.90 Å². The summed E-state index contributed by atoms with van der Waals surface area (Å²) in [7, 11) is 0. The van der Waals surface area contributed by atoms with Crippen molar-refractivity contribution in [2.75, 3.05) is 11.4 Å². The summed E-state index contributed by atoms with van der Waals surface area (Å²) in [6.45, 7) is 2.89. The van der Waals surface area contributed by atoms with E-state index in [-0.39, 0.29) is 12.1 Å². The molecule has 0 spiro atoms. The average Bonchev–Trinajstić information content (AvgIpc) is 3.19. The molecule has 2 rings (SSSR count). The Hall–Kier alpha value is -1.30. The highest BCUT2D eigenvalue weighted by atomic mass is 19.4. The normalized spacial score (nSPS) is 16.9. The number of rotatable bonds is 6. The van der Waals surface area contributed by atoms with Crippen LogP contribution in [0.15, 0.2) is 12.3 Å². The van der Waals surface area contributed by atoms with Crippen LogP contribution in [0, 0.1) is 6.92 Å². The second kappa shape index (κ2) is 6.22. The van der Waals surface area contributed by atoms with E-state index in [4.69, 9.17) is 5.73 Å². The van der Waals surface area contributed by atoms with Gasteiger partial charge in [0.2, 0.25) is 0 Å². The molecule has 1 aliphatic rings. The van der Waals surface area contributed by atoms with Crippen LogP contribution in [0.5, 0.6) is 0 Å². The van der Waals surface area contributed by atoms with Gasteiger partial charge < -0.3 is 10.6 Å². The molecule has 0 bridgehead atoms. The van der Waals surface area contributed by atoms with Gasteiger partial charge in [-0.3, -0.25) is 0 Å². The van der Waals surface area contributed by atoms with E-state index >= 15 is 0 Å². The molecule has 2 N–H and O–H groups in total. The van der Waals surface area contributed by atoms with Gasteiger partial charge in [-0.1, -0.05) is 13.0 Å². The van der Waals surface area contributed by atoms with Gasteiger partial charge in [0.15, 0.2) is 0 Å². The van der Waals surface area contributed by atoms with E-state index in [0.29, 0.717) is 12.2 Å². The lowest BCUT2D eigenvalue weighted by Gasteiger charge is -2.26. The van der Waals surface area contributed by atoms with Crippen LogP contribution in [0.2, 0.25) is 0 Å². The zero-order valence-electron chi connectivity index (χ0n) is 12.5. The van der Waals surface area contributed by atoms with Gasteiger partial charge in [0.05, 0.1) is 0 Å². The van der Waals surface area contributed by atoms with E-state index in [1.54, 1.807) is 6.20 Å². The lowest BCUT2D eigenvalue weighted by atomic mass is 10.0. The summed E-state index contributed by atoms with van der Waals surface area (Å²) >= 11 is 0. The Labute approximate surface area is 123 Å². The first kappa shape index (κ1) is 16.1. The quantitative estimate of drug-likeness (QED) is 0.877. The smallest absolute Gasteiger partial charge is 0.344 e. The molecule has 0 radical (unpaired) electrons. The van der Waals surface area contributed by atoms with Gasteiger partial charge in [0.1, 0.15) is 12.4 Å². The van der Waals surface area contributed by atoms with Crippen LogP contribution in [0.25, 0.3) is 0 Å². The monoisotopic (exact) mass is 301 g/mol. The first-order valence-corrected chi connectivity index (χ1v) is 7.34. The van der Waals surface area contributed by atoms with Crippen molar-refractivity contribution in [1.82, 2.24) is 4.98 Å². The van der Waals surface area contributed by atoms with Crippen LogP contribution in [0.4, 0.5) is 19.0 Å². The summed E-state index contributed by atoms with van der Waals surface area (Å²) in [5.74, 6) is 0.448. The van der Waals surface area contributed by atoms with Gasteiger partial charge in [-0.05, 0) is 43.7 Å². The number of hydrogen-bond acceptors (Lipinski definition) is 3. The second-order valence-corrected chi connectivity index (χ2v) is 5.83. The van der Waals surface area contributed by atoms with Gasteiger partial charge in [0, 0.05) is 18.3 Å². The lowest BCUT2D eigenvalue weighted by molar-refractivity contribution is -0.120. The summed E-state index contributed by atoms with van der Waals surface area (Å²) in [5, 5.41) is 0. The van der Waals surface area contributed by atoms with Crippen LogP contribution in [-0.2, 0) is 6.42 Å². The van der Waals surface area contributed by atoms with Crippen LogP contribution < -0.4 is 10.6 Å². The maximum Gasteiger partial charge on any atom is 0.405 e. The average molecular weight is 301 g/mol. The number of nitrogens with two attached hydrogens (primary N) is 1. The molecule has 1 aliphatic carbocycles. The highest BCUT2D eigenvalue weighted by Gasteiger charge is 2.39. The largest absolute Gasteiger partial charge is 0.405 e. The topological polar surface area (TPSA) is 42.1 Å². The van der Waals surface area contributed by atoms with Crippen molar-refractivity contribution < 1.29 is 13.2 Å². The Kier molecular flexibility index (Phi) is 4.76. The fourth-order valence-electron chi connectivity index (χ4n) is 2.44. The van der Waals surface area contributed by atoms with Crippen molar-refractivity contribution in [2.45, 2.75) is 57.8 Å². The molecule has 118 valence electrons. The first-order chi connectivity index (χ1) is 9.80. The van der Waals surface area contributed by atoms with Gasteiger partial charge in [-0.2, -0.15) is 13.2 Å². The predicted molar refractivity (Wildman–Crippen MR) is 77.4 cm³/mol. The Balaban J connectivity index is 2.17. The zero-order chi connectivity index (χ0) is 15.6. The third-order valence-corrected chi connectivity index (χ3v) is 3.74. The van der Waals surface area contributed by atoms with Crippen molar-refractivity contribution >= 4 is 5.82 Å². The van der Waals surface area contributed by atoms with Crippen LogP contribution in [-0.4, -0.2) is 29.8 Å². The number of aromatic nitrogens is 1. The van der Waals surface area contributed by atoms with Crippen LogP contribution >= 0.6 is 0 Å². The third kappa shape index (κ3) is 4.59. The number of halogens is 3. The highest BCUT2D eigenvalue weighted by molar-refractivity contribution is 5.49. The molecule has 21 heavy (non-hydrogen) atoms. The number of nitrogens with zero attached hydrogens (tertiary/aromatic N) is 2. The van der Waals surface area contributed by atoms with Gasteiger partial charge in [-0.15, -0.1) is 0 Å². The summed E-state index contributed by atoms with van der Waals surface area (Å²) in [4.78, 5) is 5.67. The molecule has 1 aromatic heterocycles. The van der Waals surface area contributed by atoms with E-state index in [2.05, 4.69) is 4.98 Å².